The van der Waals surface area contributed by atoms with Gasteiger partial charge in [-0.1, -0.05) is 13.8 Å². The fourth-order valence-electron chi connectivity index (χ4n) is 3.83. The SMILES string of the molecule is CCc1nn(C)c(CC)c1CN=C(NCCN1CCOCC1)NCc1nnc(C)n1C.I. The van der Waals surface area contributed by atoms with Crippen LogP contribution in [0, 0.1) is 6.92 Å². The van der Waals surface area contributed by atoms with Gasteiger partial charge in [-0.15, -0.1) is 34.2 Å². The Balaban J connectivity index is 0.00000363. The lowest BCUT2D eigenvalue weighted by Gasteiger charge is -2.26. The molecule has 180 valence electrons. The van der Waals surface area contributed by atoms with E-state index in [9.17, 15) is 0 Å². The Kier molecular flexibility index (Phi) is 10.9. The molecule has 0 saturated carbocycles. The van der Waals surface area contributed by atoms with E-state index in [4.69, 9.17) is 9.73 Å². The summed E-state index contributed by atoms with van der Waals surface area (Å²) in [5.74, 6) is 2.55. The van der Waals surface area contributed by atoms with Crippen LogP contribution in [0.15, 0.2) is 4.99 Å². The molecule has 2 aromatic heterocycles. The molecule has 0 aliphatic carbocycles. The van der Waals surface area contributed by atoms with E-state index in [1.807, 2.05) is 30.3 Å². The van der Waals surface area contributed by atoms with Crippen molar-refractivity contribution in [1.82, 2.24) is 40.1 Å². The molecule has 0 unspecified atom stereocenters. The van der Waals surface area contributed by atoms with Gasteiger partial charge in [-0.3, -0.25) is 9.58 Å². The van der Waals surface area contributed by atoms with Crippen LogP contribution in [0.25, 0.3) is 0 Å². The van der Waals surface area contributed by atoms with Crippen LogP contribution in [0.1, 0.15) is 42.4 Å². The van der Waals surface area contributed by atoms with Crippen molar-refractivity contribution in [3.05, 3.63) is 28.6 Å². The number of hydrogen-bond acceptors (Lipinski definition) is 6. The van der Waals surface area contributed by atoms with Gasteiger partial charge in [0.15, 0.2) is 11.8 Å². The first-order valence-corrected chi connectivity index (χ1v) is 11.2. The zero-order valence-electron chi connectivity index (χ0n) is 20.0. The number of rotatable bonds is 9. The summed E-state index contributed by atoms with van der Waals surface area (Å²) in [5, 5.41) is 20.0. The number of aromatic nitrogens is 5. The molecule has 1 aliphatic heterocycles. The van der Waals surface area contributed by atoms with Crippen molar-refractivity contribution in [2.45, 2.75) is 46.7 Å². The van der Waals surface area contributed by atoms with Gasteiger partial charge in [-0.2, -0.15) is 5.10 Å². The smallest absolute Gasteiger partial charge is 0.192 e. The maximum atomic E-state index is 5.44. The molecule has 0 bridgehead atoms. The quantitative estimate of drug-likeness (QED) is 0.271. The van der Waals surface area contributed by atoms with Gasteiger partial charge in [0.2, 0.25) is 0 Å². The standard InChI is InChI=1S/C21H37N9O.HI/c1-6-18-17(19(7-2)29(5)27-18)14-23-21(22-8-9-30-10-12-31-13-11-30)24-15-20-26-25-16(3)28(20)4;/h6-15H2,1-5H3,(H2,22,23,24);1H. The van der Waals surface area contributed by atoms with Gasteiger partial charge in [-0.05, 0) is 19.8 Å². The van der Waals surface area contributed by atoms with Gasteiger partial charge in [0.05, 0.1) is 32.0 Å². The number of nitrogens with zero attached hydrogens (tertiary/aromatic N) is 7. The first-order chi connectivity index (χ1) is 15.0. The maximum Gasteiger partial charge on any atom is 0.192 e. The van der Waals surface area contributed by atoms with E-state index in [0.717, 1.165) is 75.5 Å². The molecule has 0 amide bonds. The number of guanidine groups is 1. The molecule has 0 aromatic carbocycles. The first-order valence-electron chi connectivity index (χ1n) is 11.2. The van der Waals surface area contributed by atoms with E-state index in [2.05, 4.69) is 44.7 Å². The topological polar surface area (TPSA) is 97.4 Å². The summed E-state index contributed by atoms with van der Waals surface area (Å²) < 4.78 is 9.42. The Morgan fingerprint density at radius 1 is 1.09 bits per heavy atom. The molecule has 1 saturated heterocycles. The van der Waals surface area contributed by atoms with Crippen molar-refractivity contribution in [3.8, 4) is 0 Å². The number of halogens is 1. The Labute approximate surface area is 208 Å². The summed E-state index contributed by atoms with van der Waals surface area (Å²) in [4.78, 5) is 7.31. The average molecular weight is 560 g/mol. The summed E-state index contributed by atoms with van der Waals surface area (Å²) in [6.07, 6.45) is 1.85. The number of aliphatic imine (C=N–C) groups is 1. The van der Waals surface area contributed by atoms with Crippen LogP contribution in [0.3, 0.4) is 0 Å². The lowest BCUT2D eigenvalue weighted by atomic mass is 10.1. The molecule has 3 rings (SSSR count). The minimum absolute atomic E-state index is 0. The van der Waals surface area contributed by atoms with Crippen molar-refractivity contribution in [3.63, 3.8) is 0 Å². The monoisotopic (exact) mass is 559 g/mol. The van der Waals surface area contributed by atoms with Crippen molar-refractivity contribution in [2.75, 3.05) is 39.4 Å². The lowest BCUT2D eigenvalue weighted by molar-refractivity contribution is 0.0389. The van der Waals surface area contributed by atoms with Crippen LogP contribution in [0.2, 0.25) is 0 Å². The van der Waals surface area contributed by atoms with E-state index in [1.54, 1.807) is 0 Å². The van der Waals surface area contributed by atoms with E-state index >= 15 is 0 Å². The van der Waals surface area contributed by atoms with Crippen molar-refractivity contribution < 1.29 is 4.74 Å². The number of hydrogen-bond donors (Lipinski definition) is 2. The zero-order chi connectivity index (χ0) is 22.2. The lowest BCUT2D eigenvalue weighted by Crippen LogP contribution is -2.44. The number of nitrogens with one attached hydrogen (secondary N) is 2. The Morgan fingerprint density at radius 2 is 1.84 bits per heavy atom. The Morgan fingerprint density at radius 3 is 2.47 bits per heavy atom. The number of morpholine rings is 1. The van der Waals surface area contributed by atoms with Crippen LogP contribution >= 0.6 is 24.0 Å². The van der Waals surface area contributed by atoms with Gasteiger partial charge in [0.1, 0.15) is 5.82 Å². The van der Waals surface area contributed by atoms with E-state index in [1.165, 1.54) is 11.3 Å². The molecule has 2 N–H and O–H groups in total. The van der Waals surface area contributed by atoms with Crippen LogP contribution in [0.4, 0.5) is 0 Å². The predicted molar refractivity (Wildman–Crippen MR) is 136 cm³/mol. The summed E-state index contributed by atoms with van der Waals surface area (Å²) >= 11 is 0. The third kappa shape index (κ3) is 6.88. The fraction of sp³-hybridized carbons (Fsp3) is 0.714. The highest BCUT2D eigenvalue weighted by atomic mass is 127. The Hall–Kier alpha value is -1.73. The zero-order valence-corrected chi connectivity index (χ0v) is 22.3. The van der Waals surface area contributed by atoms with Crippen molar-refractivity contribution in [1.29, 1.82) is 0 Å². The molecule has 10 nitrogen and oxygen atoms in total. The highest BCUT2D eigenvalue weighted by Crippen LogP contribution is 2.16. The molecule has 0 atom stereocenters. The minimum Gasteiger partial charge on any atom is -0.379 e. The van der Waals surface area contributed by atoms with Crippen LogP contribution in [-0.2, 0) is 44.8 Å². The number of ether oxygens (including phenoxy) is 1. The first kappa shape index (κ1) is 26.5. The normalized spacial score (nSPS) is 15.0. The molecule has 2 aromatic rings. The average Bonchev–Trinajstić information content (AvgIpc) is 3.28. The van der Waals surface area contributed by atoms with E-state index in [0.29, 0.717) is 13.1 Å². The molecule has 32 heavy (non-hydrogen) atoms. The van der Waals surface area contributed by atoms with Crippen LogP contribution in [0.5, 0.6) is 0 Å². The second-order valence-corrected chi connectivity index (χ2v) is 7.82. The van der Waals surface area contributed by atoms with Crippen molar-refractivity contribution >= 4 is 29.9 Å². The molecular formula is C21H38IN9O. The fourth-order valence-corrected chi connectivity index (χ4v) is 3.83. The van der Waals surface area contributed by atoms with Gasteiger partial charge < -0.3 is 19.9 Å². The van der Waals surface area contributed by atoms with E-state index < -0.39 is 0 Å². The third-order valence-electron chi connectivity index (χ3n) is 5.84. The highest BCUT2D eigenvalue weighted by molar-refractivity contribution is 14.0. The molecular weight excluding hydrogens is 521 g/mol. The van der Waals surface area contributed by atoms with Crippen LogP contribution < -0.4 is 10.6 Å². The summed E-state index contributed by atoms with van der Waals surface area (Å²) in [5.41, 5.74) is 3.60. The minimum atomic E-state index is 0. The third-order valence-corrected chi connectivity index (χ3v) is 5.84. The summed E-state index contributed by atoms with van der Waals surface area (Å²) in [6.45, 7) is 12.8. The molecule has 11 heteroatoms. The summed E-state index contributed by atoms with van der Waals surface area (Å²) in [7, 11) is 3.99. The molecule has 1 fully saturated rings. The molecule has 1 aliphatic rings. The molecule has 0 spiro atoms. The van der Waals surface area contributed by atoms with Crippen LogP contribution in [-0.4, -0.2) is 74.8 Å². The van der Waals surface area contributed by atoms with Gasteiger partial charge in [0, 0.05) is 51.5 Å². The molecule has 3 heterocycles. The van der Waals surface area contributed by atoms with E-state index in [-0.39, 0.29) is 24.0 Å². The highest BCUT2D eigenvalue weighted by Gasteiger charge is 2.14. The molecule has 0 radical (unpaired) electrons. The largest absolute Gasteiger partial charge is 0.379 e. The second-order valence-electron chi connectivity index (χ2n) is 7.82. The Bertz CT molecular complexity index is 871. The number of aryl methyl sites for hydroxylation is 3. The second kappa shape index (κ2) is 13.1. The van der Waals surface area contributed by atoms with Gasteiger partial charge >= 0.3 is 0 Å². The van der Waals surface area contributed by atoms with Gasteiger partial charge in [-0.25, -0.2) is 4.99 Å². The van der Waals surface area contributed by atoms with Gasteiger partial charge in [0.25, 0.3) is 0 Å². The maximum absolute atomic E-state index is 5.44. The predicted octanol–water partition coefficient (Wildman–Crippen LogP) is 1.17. The van der Waals surface area contributed by atoms with Crippen molar-refractivity contribution in [2.24, 2.45) is 19.1 Å². The summed E-state index contributed by atoms with van der Waals surface area (Å²) in [6, 6.07) is 0.